The Morgan fingerprint density at radius 3 is 2.56 bits per heavy atom. The standard InChI is InChI=1S/C25H18N4O3/c30-23-15-29(22-9-2-1-7-21(22)28-23)25(32)16-10-12-17(13-11-16)27-24(31)19-5-3-8-20-18(19)6-4-14-26-20/h1-14H,15H2,(H,27,31)(H,28,30). The van der Waals surface area contributed by atoms with Crippen molar-refractivity contribution < 1.29 is 14.4 Å². The zero-order chi connectivity index (χ0) is 22.1. The smallest absolute Gasteiger partial charge is 0.258 e. The van der Waals surface area contributed by atoms with Crippen LogP contribution >= 0.6 is 0 Å². The van der Waals surface area contributed by atoms with E-state index in [1.54, 1.807) is 66.9 Å². The Kier molecular flexibility index (Phi) is 4.84. The van der Waals surface area contributed by atoms with E-state index in [0.29, 0.717) is 28.2 Å². The molecule has 7 heteroatoms. The summed E-state index contributed by atoms with van der Waals surface area (Å²) in [5.41, 5.74) is 3.49. The Morgan fingerprint density at radius 2 is 1.72 bits per heavy atom. The van der Waals surface area contributed by atoms with Gasteiger partial charge in [0.1, 0.15) is 6.54 Å². The molecule has 2 heterocycles. The first-order chi connectivity index (χ1) is 15.6. The van der Waals surface area contributed by atoms with Gasteiger partial charge in [-0.15, -0.1) is 0 Å². The number of fused-ring (bicyclic) bond motifs is 2. The summed E-state index contributed by atoms with van der Waals surface area (Å²) in [6, 6.07) is 22.8. The maximum Gasteiger partial charge on any atom is 0.258 e. The fraction of sp³-hybridized carbons (Fsp3) is 0.0400. The number of amides is 3. The van der Waals surface area contributed by atoms with Crippen LogP contribution in [0.4, 0.5) is 17.1 Å². The molecule has 0 unspecified atom stereocenters. The van der Waals surface area contributed by atoms with Crippen LogP contribution < -0.4 is 15.5 Å². The number of carbonyl (C=O) groups excluding carboxylic acids is 3. The topological polar surface area (TPSA) is 91.4 Å². The second-order valence-electron chi connectivity index (χ2n) is 7.36. The number of nitrogens with zero attached hydrogens (tertiary/aromatic N) is 2. The monoisotopic (exact) mass is 422 g/mol. The fourth-order valence-electron chi connectivity index (χ4n) is 3.77. The summed E-state index contributed by atoms with van der Waals surface area (Å²) < 4.78 is 0. The number of pyridine rings is 1. The van der Waals surface area contributed by atoms with Crippen LogP contribution in [0.2, 0.25) is 0 Å². The highest BCUT2D eigenvalue weighted by atomic mass is 16.2. The van der Waals surface area contributed by atoms with Crippen molar-refractivity contribution in [3.8, 4) is 0 Å². The van der Waals surface area contributed by atoms with Crippen molar-refractivity contribution in [2.45, 2.75) is 0 Å². The van der Waals surface area contributed by atoms with Gasteiger partial charge < -0.3 is 10.6 Å². The molecule has 4 aromatic rings. The normalized spacial score (nSPS) is 12.8. The van der Waals surface area contributed by atoms with Crippen LogP contribution in [0.25, 0.3) is 10.9 Å². The Balaban J connectivity index is 1.36. The van der Waals surface area contributed by atoms with E-state index in [2.05, 4.69) is 15.6 Å². The van der Waals surface area contributed by atoms with Crippen molar-refractivity contribution in [3.05, 3.63) is 96.2 Å². The minimum atomic E-state index is -0.287. The summed E-state index contributed by atoms with van der Waals surface area (Å²) in [5, 5.41) is 6.40. The highest BCUT2D eigenvalue weighted by Crippen LogP contribution is 2.30. The molecule has 0 saturated heterocycles. The molecular formula is C25H18N4O3. The van der Waals surface area contributed by atoms with E-state index >= 15 is 0 Å². The van der Waals surface area contributed by atoms with Gasteiger partial charge in [-0.25, -0.2) is 0 Å². The van der Waals surface area contributed by atoms with Gasteiger partial charge >= 0.3 is 0 Å². The lowest BCUT2D eigenvalue weighted by Crippen LogP contribution is -2.42. The molecule has 32 heavy (non-hydrogen) atoms. The first-order valence-electron chi connectivity index (χ1n) is 10.1. The molecular weight excluding hydrogens is 404 g/mol. The van der Waals surface area contributed by atoms with Crippen molar-refractivity contribution in [1.29, 1.82) is 0 Å². The first-order valence-corrected chi connectivity index (χ1v) is 10.1. The largest absolute Gasteiger partial charge is 0.323 e. The molecule has 1 aliphatic rings. The van der Waals surface area contributed by atoms with Gasteiger partial charge in [0, 0.05) is 28.4 Å². The summed E-state index contributed by atoms with van der Waals surface area (Å²) in [6.07, 6.45) is 1.68. The molecule has 3 aromatic carbocycles. The second kappa shape index (κ2) is 7.96. The Hall–Kier alpha value is -4.52. The Morgan fingerprint density at radius 1 is 0.906 bits per heavy atom. The van der Waals surface area contributed by atoms with Crippen LogP contribution in [0.3, 0.4) is 0 Å². The zero-order valence-corrected chi connectivity index (χ0v) is 16.9. The molecule has 2 N–H and O–H groups in total. The lowest BCUT2D eigenvalue weighted by molar-refractivity contribution is -0.115. The molecule has 0 spiro atoms. The van der Waals surface area contributed by atoms with Crippen molar-refractivity contribution in [3.63, 3.8) is 0 Å². The number of hydrogen-bond donors (Lipinski definition) is 2. The lowest BCUT2D eigenvalue weighted by atomic mass is 10.1. The third-order valence-corrected chi connectivity index (χ3v) is 5.30. The predicted octanol–water partition coefficient (Wildman–Crippen LogP) is 4.09. The fourth-order valence-corrected chi connectivity index (χ4v) is 3.77. The molecule has 5 rings (SSSR count). The molecule has 0 radical (unpaired) electrons. The van der Waals surface area contributed by atoms with Gasteiger partial charge in [-0.3, -0.25) is 24.3 Å². The average Bonchev–Trinajstić information content (AvgIpc) is 2.83. The minimum absolute atomic E-state index is 0.0521. The maximum absolute atomic E-state index is 13.1. The Labute approximate surface area is 183 Å². The molecule has 156 valence electrons. The van der Waals surface area contributed by atoms with Gasteiger partial charge in [0.2, 0.25) is 5.91 Å². The van der Waals surface area contributed by atoms with E-state index in [0.717, 1.165) is 10.9 Å². The second-order valence-corrected chi connectivity index (χ2v) is 7.36. The third-order valence-electron chi connectivity index (χ3n) is 5.30. The number of rotatable bonds is 3. The maximum atomic E-state index is 13.1. The average molecular weight is 422 g/mol. The van der Waals surface area contributed by atoms with Crippen molar-refractivity contribution >= 4 is 45.7 Å². The molecule has 1 aromatic heterocycles. The summed E-state index contributed by atoms with van der Waals surface area (Å²) in [6.45, 7) is -0.0521. The van der Waals surface area contributed by atoms with Crippen LogP contribution in [0.1, 0.15) is 20.7 Å². The van der Waals surface area contributed by atoms with Gasteiger partial charge in [-0.1, -0.05) is 24.3 Å². The predicted molar refractivity (Wildman–Crippen MR) is 123 cm³/mol. The molecule has 0 atom stereocenters. The summed E-state index contributed by atoms with van der Waals surface area (Å²) in [4.78, 5) is 43.6. The summed E-state index contributed by atoms with van der Waals surface area (Å²) >= 11 is 0. The molecule has 0 fully saturated rings. The van der Waals surface area contributed by atoms with Crippen LogP contribution in [0, 0.1) is 0 Å². The number of nitrogens with one attached hydrogen (secondary N) is 2. The molecule has 3 amide bonds. The quantitative estimate of drug-likeness (QED) is 0.520. The highest BCUT2D eigenvalue weighted by molar-refractivity contribution is 6.15. The number of hydrogen-bond acceptors (Lipinski definition) is 4. The lowest BCUT2D eigenvalue weighted by Gasteiger charge is -2.29. The summed E-state index contributed by atoms with van der Waals surface area (Å²) in [7, 11) is 0. The van der Waals surface area contributed by atoms with E-state index in [-0.39, 0.29) is 24.3 Å². The van der Waals surface area contributed by atoms with Gasteiger partial charge in [0.05, 0.1) is 16.9 Å². The van der Waals surface area contributed by atoms with Gasteiger partial charge in [0.15, 0.2) is 0 Å². The van der Waals surface area contributed by atoms with Crippen molar-refractivity contribution in [2.24, 2.45) is 0 Å². The SMILES string of the molecule is O=C1CN(C(=O)c2ccc(NC(=O)c3cccc4ncccc34)cc2)c2ccccc2N1. The Bertz CT molecular complexity index is 1360. The van der Waals surface area contributed by atoms with E-state index in [9.17, 15) is 14.4 Å². The molecule has 0 bridgehead atoms. The number of benzene rings is 3. The molecule has 7 nitrogen and oxygen atoms in total. The number of para-hydroxylation sites is 2. The minimum Gasteiger partial charge on any atom is -0.323 e. The van der Waals surface area contributed by atoms with Crippen LogP contribution in [-0.2, 0) is 4.79 Å². The van der Waals surface area contributed by atoms with Crippen molar-refractivity contribution in [2.75, 3.05) is 22.1 Å². The van der Waals surface area contributed by atoms with E-state index in [1.165, 1.54) is 4.90 Å². The highest BCUT2D eigenvalue weighted by Gasteiger charge is 2.27. The van der Waals surface area contributed by atoms with Gasteiger partial charge in [-0.05, 0) is 54.6 Å². The van der Waals surface area contributed by atoms with E-state index < -0.39 is 0 Å². The molecule has 0 aliphatic carbocycles. The summed E-state index contributed by atoms with van der Waals surface area (Å²) in [5.74, 6) is -0.792. The van der Waals surface area contributed by atoms with E-state index in [4.69, 9.17) is 0 Å². The number of carbonyl (C=O) groups is 3. The van der Waals surface area contributed by atoms with Crippen LogP contribution in [0.15, 0.2) is 85.1 Å². The van der Waals surface area contributed by atoms with Gasteiger partial charge in [0.25, 0.3) is 11.8 Å². The first kappa shape index (κ1) is 19.4. The molecule has 1 aliphatic heterocycles. The van der Waals surface area contributed by atoms with Gasteiger partial charge in [-0.2, -0.15) is 0 Å². The van der Waals surface area contributed by atoms with E-state index in [1.807, 2.05) is 18.2 Å². The van der Waals surface area contributed by atoms with Crippen molar-refractivity contribution in [1.82, 2.24) is 4.98 Å². The zero-order valence-electron chi connectivity index (χ0n) is 16.9. The number of aromatic nitrogens is 1. The number of anilines is 3. The third kappa shape index (κ3) is 3.56. The van der Waals surface area contributed by atoms with Crippen LogP contribution in [0.5, 0.6) is 0 Å². The van der Waals surface area contributed by atoms with Crippen LogP contribution in [-0.4, -0.2) is 29.3 Å². The molecule has 0 saturated carbocycles.